The van der Waals surface area contributed by atoms with Gasteiger partial charge in [0, 0.05) is 38.2 Å². The minimum absolute atomic E-state index is 0. The lowest BCUT2D eigenvalue weighted by Crippen LogP contribution is -2.50. The van der Waals surface area contributed by atoms with E-state index in [1.54, 1.807) is 24.0 Å². The fourth-order valence-electron chi connectivity index (χ4n) is 3.72. The first-order valence-corrected chi connectivity index (χ1v) is 9.58. The third kappa shape index (κ3) is 5.66. The third-order valence-corrected chi connectivity index (χ3v) is 5.56. The van der Waals surface area contributed by atoms with Gasteiger partial charge in [0.25, 0.3) is 5.91 Å². The summed E-state index contributed by atoms with van der Waals surface area (Å²) in [5, 5.41) is 3.34. The molecule has 150 valence electrons. The highest BCUT2D eigenvalue weighted by Crippen LogP contribution is 2.19. The normalized spacial score (nSPS) is 18.1. The molecule has 2 amide bonds. The van der Waals surface area contributed by atoms with Gasteiger partial charge in [-0.1, -0.05) is 6.07 Å². The van der Waals surface area contributed by atoms with Crippen molar-refractivity contribution in [2.75, 3.05) is 39.3 Å². The van der Waals surface area contributed by atoms with Crippen LogP contribution in [-0.4, -0.2) is 60.9 Å². The number of nitrogens with zero attached hydrogens (tertiary/aromatic N) is 2. The molecule has 0 aromatic heterocycles. The SMILES string of the molecule is Cc1ccc(C(=O)N2CCN(C(=O)CCC3CCNCC3)CC2)cc1F.Cl. The summed E-state index contributed by atoms with van der Waals surface area (Å²) in [6.07, 6.45) is 3.87. The Morgan fingerprint density at radius 2 is 1.74 bits per heavy atom. The molecule has 3 rings (SSSR count). The molecule has 1 aromatic carbocycles. The number of aryl methyl sites for hydroxylation is 1. The van der Waals surface area contributed by atoms with E-state index in [4.69, 9.17) is 0 Å². The zero-order chi connectivity index (χ0) is 18.5. The molecule has 2 heterocycles. The zero-order valence-electron chi connectivity index (χ0n) is 15.9. The number of nitrogens with one attached hydrogen (secondary N) is 1. The maximum Gasteiger partial charge on any atom is 0.254 e. The third-order valence-electron chi connectivity index (χ3n) is 5.56. The average molecular weight is 398 g/mol. The Hall–Kier alpha value is -1.66. The first-order valence-electron chi connectivity index (χ1n) is 9.58. The van der Waals surface area contributed by atoms with E-state index in [9.17, 15) is 14.0 Å². The van der Waals surface area contributed by atoms with Gasteiger partial charge in [0.05, 0.1) is 0 Å². The Kier molecular flexibility index (Phi) is 8.05. The van der Waals surface area contributed by atoms with Gasteiger partial charge in [-0.2, -0.15) is 0 Å². The topological polar surface area (TPSA) is 52.7 Å². The van der Waals surface area contributed by atoms with E-state index in [1.165, 1.54) is 6.07 Å². The molecule has 0 radical (unpaired) electrons. The van der Waals surface area contributed by atoms with Crippen LogP contribution in [0.3, 0.4) is 0 Å². The molecule has 27 heavy (non-hydrogen) atoms. The number of benzene rings is 1. The summed E-state index contributed by atoms with van der Waals surface area (Å²) in [5.41, 5.74) is 0.907. The highest BCUT2D eigenvalue weighted by Gasteiger charge is 2.25. The molecule has 7 heteroatoms. The Morgan fingerprint density at radius 1 is 1.11 bits per heavy atom. The van der Waals surface area contributed by atoms with E-state index in [-0.39, 0.29) is 30.0 Å². The standard InChI is InChI=1S/C20H28FN3O2.ClH/c1-15-2-4-17(14-18(15)21)20(26)24-12-10-23(11-13-24)19(25)5-3-16-6-8-22-9-7-16;/h2,4,14,16,22H,3,5-13H2,1H3;1H. The van der Waals surface area contributed by atoms with Crippen LogP contribution in [0.15, 0.2) is 18.2 Å². The molecular weight excluding hydrogens is 369 g/mol. The second kappa shape index (κ2) is 10.0. The largest absolute Gasteiger partial charge is 0.339 e. The number of carbonyl (C=O) groups excluding carboxylic acids is 2. The summed E-state index contributed by atoms with van der Waals surface area (Å²) in [6, 6.07) is 4.59. The number of rotatable bonds is 4. The monoisotopic (exact) mass is 397 g/mol. The van der Waals surface area contributed by atoms with Crippen molar-refractivity contribution in [2.45, 2.75) is 32.6 Å². The number of hydrogen-bond acceptors (Lipinski definition) is 3. The van der Waals surface area contributed by atoms with E-state index < -0.39 is 0 Å². The summed E-state index contributed by atoms with van der Waals surface area (Å²) in [5.74, 6) is 0.324. The molecule has 2 aliphatic heterocycles. The molecule has 1 aromatic rings. The molecule has 2 fully saturated rings. The lowest BCUT2D eigenvalue weighted by Gasteiger charge is -2.35. The van der Waals surface area contributed by atoms with Crippen molar-refractivity contribution >= 4 is 24.2 Å². The van der Waals surface area contributed by atoms with Crippen LogP contribution < -0.4 is 5.32 Å². The van der Waals surface area contributed by atoms with Gasteiger partial charge < -0.3 is 15.1 Å². The molecule has 0 spiro atoms. The van der Waals surface area contributed by atoms with Crippen LogP contribution >= 0.6 is 12.4 Å². The average Bonchev–Trinajstić information content (AvgIpc) is 2.68. The summed E-state index contributed by atoms with van der Waals surface area (Å²) >= 11 is 0. The lowest BCUT2D eigenvalue weighted by atomic mass is 9.93. The summed E-state index contributed by atoms with van der Waals surface area (Å²) < 4.78 is 13.7. The van der Waals surface area contributed by atoms with Gasteiger partial charge in [-0.15, -0.1) is 12.4 Å². The Morgan fingerprint density at radius 3 is 2.37 bits per heavy atom. The maximum absolute atomic E-state index is 13.7. The van der Waals surface area contributed by atoms with Gasteiger partial charge in [-0.25, -0.2) is 4.39 Å². The van der Waals surface area contributed by atoms with Gasteiger partial charge in [0.15, 0.2) is 0 Å². The molecule has 0 saturated carbocycles. The quantitative estimate of drug-likeness (QED) is 0.849. The van der Waals surface area contributed by atoms with Gasteiger partial charge in [0.1, 0.15) is 5.82 Å². The van der Waals surface area contributed by atoms with Crippen molar-refractivity contribution in [2.24, 2.45) is 5.92 Å². The number of halogens is 2. The highest BCUT2D eigenvalue weighted by molar-refractivity contribution is 5.94. The van der Waals surface area contributed by atoms with Gasteiger partial charge in [-0.05, 0) is 62.9 Å². The van der Waals surface area contributed by atoms with Crippen LogP contribution in [0.2, 0.25) is 0 Å². The minimum atomic E-state index is -0.359. The maximum atomic E-state index is 13.7. The van der Waals surface area contributed by atoms with Gasteiger partial charge >= 0.3 is 0 Å². The number of piperazine rings is 1. The van der Waals surface area contributed by atoms with Crippen LogP contribution in [0.5, 0.6) is 0 Å². The minimum Gasteiger partial charge on any atom is -0.339 e. The van der Waals surface area contributed by atoms with E-state index in [0.29, 0.717) is 49.6 Å². The van der Waals surface area contributed by atoms with Crippen molar-refractivity contribution in [1.29, 1.82) is 0 Å². The van der Waals surface area contributed by atoms with Crippen LogP contribution in [0.4, 0.5) is 4.39 Å². The van der Waals surface area contributed by atoms with Crippen LogP contribution in [-0.2, 0) is 4.79 Å². The number of piperidine rings is 1. The van der Waals surface area contributed by atoms with Crippen LogP contribution in [0, 0.1) is 18.7 Å². The Bertz CT molecular complexity index is 657. The lowest BCUT2D eigenvalue weighted by molar-refractivity contribution is -0.133. The molecule has 0 unspecified atom stereocenters. The molecular formula is C20H29ClFN3O2. The summed E-state index contributed by atoms with van der Waals surface area (Å²) in [4.78, 5) is 28.5. The Balaban J connectivity index is 0.00000261. The molecule has 2 aliphatic rings. The molecule has 2 saturated heterocycles. The van der Waals surface area contributed by atoms with E-state index in [2.05, 4.69) is 5.32 Å². The molecule has 5 nitrogen and oxygen atoms in total. The molecule has 1 N–H and O–H groups in total. The van der Waals surface area contributed by atoms with Gasteiger partial charge in [0.2, 0.25) is 5.91 Å². The zero-order valence-corrected chi connectivity index (χ0v) is 16.7. The second-order valence-corrected chi connectivity index (χ2v) is 7.37. The van der Waals surface area contributed by atoms with E-state index in [1.807, 2.05) is 4.90 Å². The van der Waals surface area contributed by atoms with Crippen LogP contribution in [0.25, 0.3) is 0 Å². The van der Waals surface area contributed by atoms with Gasteiger partial charge in [-0.3, -0.25) is 9.59 Å². The predicted molar refractivity (Wildman–Crippen MR) is 106 cm³/mol. The first kappa shape index (κ1) is 21.6. The number of amides is 2. The van der Waals surface area contributed by atoms with Crippen molar-refractivity contribution in [1.82, 2.24) is 15.1 Å². The fourth-order valence-corrected chi connectivity index (χ4v) is 3.72. The summed E-state index contributed by atoms with van der Waals surface area (Å²) in [7, 11) is 0. The Labute approximate surface area is 166 Å². The molecule has 0 bridgehead atoms. The second-order valence-electron chi connectivity index (χ2n) is 7.37. The smallest absolute Gasteiger partial charge is 0.254 e. The van der Waals surface area contributed by atoms with E-state index in [0.717, 1.165) is 32.4 Å². The fraction of sp³-hybridized carbons (Fsp3) is 0.600. The van der Waals surface area contributed by atoms with Crippen molar-refractivity contribution in [3.05, 3.63) is 35.1 Å². The van der Waals surface area contributed by atoms with E-state index >= 15 is 0 Å². The number of hydrogen-bond donors (Lipinski definition) is 1. The summed E-state index contributed by atoms with van der Waals surface area (Å²) in [6.45, 7) is 5.92. The predicted octanol–water partition coefficient (Wildman–Crippen LogP) is 2.62. The van der Waals surface area contributed by atoms with Crippen molar-refractivity contribution in [3.63, 3.8) is 0 Å². The number of carbonyl (C=O) groups is 2. The molecule has 0 aliphatic carbocycles. The highest BCUT2D eigenvalue weighted by atomic mass is 35.5. The first-order chi connectivity index (χ1) is 12.5. The molecule has 0 atom stereocenters. The van der Waals surface area contributed by atoms with Crippen molar-refractivity contribution in [3.8, 4) is 0 Å². The van der Waals surface area contributed by atoms with Crippen molar-refractivity contribution < 1.29 is 14.0 Å². The van der Waals surface area contributed by atoms with Crippen LogP contribution in [0.1, 0.15) is 41.6 Å².